The summed E-state index contributed by atoms with van der Waals surface area (Å²) in [5.41, 5.74) is 0. The topological polar surface area (TPSA) is 51.2 Å². The highest BCUT2D eigenvalue weighted by atomic mass is 16.2. The van der Waals surface area contributed by atoms with E-state index >= 15 is 0 Å². The van der Waals surface area contributed by atoms with E-state index in [0.29, 0.717) is 12.1 Å². The lowest BCUT2D eigenvalue weighted by molar-refractivity contribution is -0.127. The number of guanidine groups is 1. The van der Waals surface area contributed by atoms with Crippen molar-refractivity contribution in [2.45, 2.75) is 50.6 Å². The molecule has 1 aliphatic carbocycles. The van der Waals surface area contributed by atoms with Gasteiger partial charge in [-0.2, -0.15) is 0 Å². The van der Waals surface area contributed by atoms with Gasteiger partial charge in [-0.1, -0.05) is 31.4 Å². The molecular weight excluding hydrogens is 314 g/mol. The zero-order valence-corrected chi connectivity index (χ0v) is 15.8. The van der Waals surface area contributed by atoms with E-state index in [1.54, 1.807) is 19.0 Å². The van der Waals surface area contributed by atoms with Crippen molar-refractivity contribution in [1.29, 1.82) is 0 Å². The van der Waals surface area contributed by atoms with Gasteiger partial charge >= 0.3 is 0 Å². The Morgan fingerprint density at radius 1 is 1.16 bits per heavy atom. The molecule has 1 atom stereocenters. The van der Waals surface area contributed by atoms with Crippen LogP contribution in [0.15, 0.2) is 17.1 Å². The summed E-state index contributed by atoms with van der Waals surface area (Å²) in [4.78, 5) is 23.2. The fraction of sp³-hybridized carbons (Fsp3) is 0.789. The summed E-state index contributed by atoms with van der Waals surface area (Å²) in [6.07, 6.45) is 12.1. The number of carbonyl (C=O) groups excluding carboxylic acids is 1. The number of hydrogen-bond donors (Lipinski definition) is 1. The zero-order chi connectivity index (χ0) is 17.6. The van der Waals surface area contributed by atoms with Gasteiger partial charge in [-0.25, -0.2) is 4.99 Å². The van der Waals surface area contributed by atoms with Crippen LogP contribution in [0.3, 0.4) is 0 Å². The average molecular weight is 348 g/mol. The van der Waals surface area contributed by atoms with Crippen LogP contribution in [-0.2, 0) is 4.79 Å². The van der Waals surface area contributed by atoms with E-state index in [1.807, 2.05) is 0 Å². The minimum absolute atomic E-state index is 0.0578. The summed E-state index contributed by atoms with van der Waals surface area (Å²) in [7, 11) is 3.58. The molecule has 140 valence electrons. The molecule has 0 spiro atoms. The summed E-state index contributed by atoms with van der Waals surface area (Å²) in [5.74, 6) is 0.999. The lowest BCUT2D eigenvalue weighted by Crippen LogP contribution is -2.47. The molecule has 0 aromatic rings. The van der Waals surface area contributed by atoms with Gasteiger partial charge in [0.1, 0.15) is 6.54 Å². The standard InChI is InChI=1S/C19H33N5O/c1-22(2)18(25)14-20-19(21-16-8-4-3-5-9-16)24-13-10-17(15-24)23-11-6-7-12-23/h6-7,16-17H,3-5,8-15H2,1-2H3,(H,20,21). The third-order valence-electron chi connectivity index (χ3n) is 5.63. The molecule has 0 bridgehead atoms. The Balaban J connectivity index is 1.62. The van der Waals surface area contributed by atoms with Crippen LogP contribution in [-0.4, -0.2) is 85.5 Å². The first-order valence-electron chi connectivity index (χ1n) is 9.78. The quantitative estimate of drug-likeness (QED) is 0.473. The second-order valence-electron chi connectivity index (χ2n) is 7.72. The van der Waals surface area contributed by atoms with Crippen molar-refractivity contribution in [2.75, 3.05) is 46.8 Å². The third-order valence-corrected chi connectivity index (χ3v) is 5.63. The minimum Gasteiger partial charge on any atom is -0.353 e. The summed E-state index contributed by atoms with van der Waals surface area (Å²) < 4.78 is 0. The highest BCUT2D eigenvalue weighted by Crippen LogP contribution is 2.20. The lowest BCUT2D eigenvalue weighted by Gasteiger charge is -2.30. The zero-order valence-electron chi connectivity index (χ0n) is 15.8. The van der Waals surface area contributed by atoms with Gasteiger partial charge in [-0.05, 0) is 19.3 Å². The Labute approximate surface area is 151 Å². The number of hydrogen-bond acceptors (Lipinski definition) is 3. The molecule has 3 aliphatic rings. The first-order valence-corrected chi connectivity index (χ1v) is 9.78. The number of carbonyl (C=O) groups is 1. The first-order chi connectivity index (χ1) is 12.1. The van der Waals surface area contributed by atoms with Crippen molar-refractivity contribution >= 4 is 11.9 Å². The number of likely N-dealkylation sites (N-methyl/N-ethyl adjacent to an activating group) is 1. The summed E-state index contributed by atoms with van der Waals surface area (Å²) in [5, 5.41) is 3.67. The van der Waals surface area contributed by atoms with Crippen LogP contribution in [0.4, 0.5) is 0 Å². The van der Waals surface area contributed by atoms with Crippen molar-refractivity contribution in [1.82, 2.24) is 20.0 Å². The van der Waals surface area contributed by atoms with E-state index in [9.17, 15) is 4.79 Å². The fourth-order valence-electron chi connectivity index (χ4n) is 3.98. The van der Waals surface area contributed by atoms with E-state index in [2.05, 4.69) is 32.3 Å². The van der Waals surface area contributed by atoms with Crippen LogP contribution in [0.25, 0.3) is 0 Å². The highest BCUT2D eigenvalue weighted by Gasteiger charge is 2.30. The molecule has 0 aromatic carbocycles. The van der Waals surface area contributed by atoms with Gasteiger partial charge in [0.2, 0.25) is 5.91 Å². The molecule has 6 nitrogen and oxygen atoms in total. The van der Waals surface area contributed by atoms with Gasteiger partial charge in [-0.15, -0.1) is 0 Å². The summed E-state index contributed by atoms with van der Waals surface area (Å²) in [6.45, 7) is 4.40. The van der Waals surface area contributed by atoms with E-state index < -0.39 is 0 Å². The number of rotatable bonds is 4. The van der Waals surface area contributed by atoms with Gasteiger partial charge in [0.05, 0.1) is 0 Å². The van der Waals surface area contributed by atoms with Crippen molar-refractivity contribution in [3.8, 4) is 0 Å². The fourth-order valence-corrected chi connectivity index (χ4v) is 3.98. The van der Waals surface area contributed by atoms with Crippen LogP contribution in [0.1, 0.15) is 38.5 Å². The Morgan fingerprint density at radius 2 is 1.88 bits per heavy atom. The monoisotopic (exact) mass is 347 g/mol. The predicted molar refractivity (Wildman–Crippen MR) is 102 cm³/mol. The molecule has 2 heterocycles. The van der Waals surface area contributed by atoms with Gasteiger partial charge in [0.25, 0.3) is 0 Å². The van der Waals surface area contributed by atoms with Crippen molar-refractivity contribution in [3.05, 3.63) is 12.2 Å². The molecule has 2 fully saturated rings. The maximum absolute atomic E-state index is 12.0. The Morgan fingerprint density at radius 3 is 2.56 bits per heavy atom. The molecule has 3 rings (SSSR count). The van der Waals surface area contributed by atoms with E-state index in [-0.39, 0.29) is 12.5 Å². The van der Waals surface area contributed by atoms with Gasteiger partial charge in [0.15, 0.2) is 5.96 Å². The molecule has 1 saturated carbocycles. The normalized spacial score (nSPS) is 25.6. The van der Waals surface area contributed by atoms with Crippen LogP contribution in [0, 0.1) is 0 Å². The van der Waals surface area contributed by atoms with E-state index in [1.165, 1.54) is 38.5 Å². The Bertz CT molecular complexity index is 502. The van der Waals surface area contributed by atoms with Gasteiger partial charge in [0, 0.05) is 52.4 Å². The smallest absolute Gasteiger partial charge is 0.243 e. The second kappa shape index (κ2) is 8.70. The largest absolute Gasteiger partial charge is 0.353 e. The molecule has 2 aliphatic heterocycles. The maximum Gasteiger partial charge on any atom is 0.243 e. The number of likely N-dealkylation sites (tertiary alicyclic amines) is 1. The Kier molecular flexibility index (Phi) is 6.34. The average Bonchev–Trinajstić information content (AvgIpc) is 3.30. The molecule has 6 heteroatoms. The molecular formula is C19H33N5O. The maximum atomic E-state index is 12.0. The van der Waals surface area contributed by atoms with Gasteiger partial charge in [-0.3, -0.25) is 9.69 Å². The van der Waals surface area contributed by atoms with Crippen LogP contribution < -0.4 is 5.32 Å². The summed E-state index contributed by atoms with van der Waals surface area (Å²) in [6, 6.07) is 1.10. The molecule has 1 amide bonds. The molecule has 1 N–H and O–H groups in total. The highest BCUT2D eigenvalue weighted by molar-refractivity contribution is 5.85. The SMILES string of the molecule is CN(C)C(=O)CN=C(NC1CCCCC1)N1CCC(N2CC=CC2)C1. The van der Waals surface area contributed by atoms with Gasteiger partial charge < -0.3 is 15.1 Å². The number of nitrogens with one attached hydrogen (secondary N) is 1. The predicted octanol–water partition coefficient (Wildman–Crippen LogP) is 1.30. The molecule has 0 radical (unpaired) electrons. The second-order valence-corrected chi connectivity index (χ2v) is 7.72. The molecule has 25 heavy (non-hydrogen) atoms. The van der Waals surface area contributed by atoms with Crippen molar-refractivity contribution < 1.29 is 4.79 Å². The number of nitrogens with zero attached hydrogens (tertiary/aromatic N) is 4. The molecule has 0 aromatic heterocycles. The number of aliphatic imine (C=N–C) groups is 1. The summed E-state index contributed by atoms with van der Waals surface area (Å²) >= 11 is 0. The van der Waals surface area contributed by atoms with E-state index in [0.717, 1.165) is 32.1 Å². The van der Waals surface area contributed by atoms with E-state index in [4.69, 9.17) is 0 Å². The van der Waals surface area contributed by atoms with Crippen LogP contribution >= 0.6 is 0 Å². The van der Waals surface area contributed by atoms with Crippen molar-refractivity contribution in [2.24, 2.45) is 4.99 Å². The molecule has 1 saturated heterocycles. The number of amides is 1. The Hall–Kier alpha value is -1.56. The van der Waals surface area contributed by atoms with Crippen molar-refractivity contribution in [3.63, 3.8) is 0 Å². The van der Waals surface area contributed by atoms with Crippen LogP contribution in [0.2, 0.25) is 0 Å². The third kappa shape index (κ3) is 4.97. The first kappa shape index (κ1) is 18.2. The lowest BCUT2D eigenvalue weighted by atomic mass is 9.96. The van der Waals surface area contributed by atoms with Crippen LogP contribution in [0.5, 0.6) is 0 Å². The minimum atomic E-state index is 0.0578. The molecule has 1 unspecified atom stereocenters.